The molecule has 1 aromatic carbocycles. The first-order valence-corrected chi connectivity index (χ1v) is 9.21. The molecule has 0 radical (unpaired) electrons. The SMILES string of the molecule is Cc1ccc(C)c(OCCCCC(=O)NC2(CC(=O)O)CCOCC2)c1. The normalized spacial score (nSPS) is 16.1. The van der Waals surface area contributed by atoms with Crippen LogP contribution in [0.4, 0.5) is 0 Å². The van der Waals surface area contributed by atoms with Crippen LogP contribution in [0.2, 0.25) is 0 Å². The van der Waals surface area contributed by atoms with E-state index in [-0.39, 0.29) is 12.3 Å². The number of unbranched alkanes of at least 4 members (excludes halogenated alkanes) is 1. The minimum absolute atomic E-state index is 0.0577. The molecule has 1 saturated heterocycles. The Labute approximate surface area is 154 Å². The summed E-state index contributed by atoms with van der Waals surface area (Å²) < 4.78 is 11.1. The number of carbonyl (C=O) groups is 2. The van der Waals surface area contributed by atoms with Gasteiger partial charge in [-0.2, -0.15) is 0 Å². The number of rotatable bonds is 9. The number of ether oxygens (including phenoxy) is 2. The van der Waals surface area contributed by atoms with Gasteiger partial charge in [-0.15, -0.1) is 0 Å². The van der Waals surface area contributed by atoms with E-state index in [4.69, 9.17) is 14.6 Å². The lowest BCUT2D eigenvalue weighted by Gasteiger charge is -2.36. The van der Waals surface area contributed by atoms with Crippen molar-refractivity contribution in [3.8, 4) is 5.75 Å². The van der Waals surface area contributed by atoms with Crippen molar-refractivity contribution in [1.82, 2.24) is 5.32 Å². The third kappa shape index (κ3) is 6.33. The molecule has 1 fully saturated rings. The van der Waals surface area contributed by atoms with Gasteiger partial charge in [0, 0.05) is 19.6 Å². The number of aryl methyl sites for hydroxylation is 2. The first kappa shape index (κ1) is 20.2. The summed E-state index contributed by atoms with van der Waals surface area (Å²) in [4.78, 5) is 23.4. The third-order valence-corrected chi connectivity index (χ3v) is 4.74. The van der Waals surface area contributed by atoms with Crippen molar-refractivity contribution in [3.05, 3.63) is 29.3 Å². The molecule has 0 atom stereocenters. The number of carboxylic acid groups (broad SMARTS) is 1. The Morgan fingerprint density at radius 3 is 2.65 bits per heavy atom. The van der Waals surface area contributed by atoms with Gasteiger partial charge in [0.2, 0.25) is 5.91 Å². The molecule has 1 amide bonds. The predicted octanol–water partition coefficient (Wildman–Crippen LogP) is 2.99. The van der Waals surface area contributed by atoms with Crippen molar-refractivity contribution >= 4 is 11.9 Å². The highest BCUT2D eigenvalue weighted by Crippen LogP contribution is 2.25. The Hall–Kier alpha value is -2.08. The van der Waals surface area contributed by atoms with Gasteiger partial charge in [-0.3, -0.25) is 9.59 Å². The topological polar surface area (TPSA) is 84.9 Å². The van der Waals surface area contributed by atoms with E-state index in [9.17, 15) is 9.59 Å². The fraction of sp³-hybridized carbons (Fsp3) is 0.600. The Morgan fingerprint density at radius 2 is 1.96 bits per heavy atom. The Bertz CT molecular complexity index is 623. The van der Waals surface area contributed by atoms with Crippen molar-refractivity contribution in [1.29, 1.82) is 0 Å². The molecule has 0 unspecified atom stereocenters. The average molecular weight is 363 g/mol. The van der Waals surface area contributed by atoms with Gasteiger partial charge in [0.1, 0.15) is 5.75 Å². The summed E-state index contributed by atoms with van der Waals surface area (Å²) in [6.07, 6.45) is 2.88. The van der Waals surface area contributed by atoms with Crippen LogP contribution in [0.3, 0.4) is 0 Å². The average Bonchev–Trinajstić information content (AvgIpc) is 2.57. The predicted molar refractivity (Wildman–Crippen MR) is 98.4 cm³/mol. The fourth-order valence-electron chi connectivity index (χ4n) is 3.19. The monoisotopic (exact) mass is 363 g/mol. The van der Waals surface area contributed by atoms with Gasteiger partial charge in [0.15, 0.2) is 0 Å². The van der Waals surface area contributed by atoms with E-state index in [1.807, 2.05) is 26.0 Å². The van der Waals surface area contributed by atoms with E-state index in [1.165, 1.54) is 0 Å². The van der Waals surface area contributed by atoms with Gasteiger partial charge in [0.05, 0.1) is 18.6 Å². The van der Waals surface area contributed by atoms with E-state index in [2.05, 4.69) is 11.4 Å². The summed E-state index contributed by atoms with van der Waals surface area (Å²) in [6, 6.07) is 6.10. The van der Waals surface area contributed by atoms with Crippen LogP contribution in [0, 0.1) is 13.8 Å². The van der Waals surface area contributed by atoms with Crippen molar-refractivity contribution in [3.63, 3.8) is 0 Å². The molecule has 1 heterocycles. The molecule has 1 aliphatic rings. The van der Waals surface area contributed by atoms with Crippen molar-refractivity contribution in [2.75, 3.05) is 19.8 Å². The molecule has 6 nitrogen and oxygen atoms in total. The molecule has 2 N–H and O–H groups in total. The van der Waals surface area contributed by atoms with Crippen molar-refractivity contribution in [2.45, 2.75) is 57.9 Å². The molecule has 0 aromatic heterocycles. The summed E-state index contributed by atoms with van der Waals surface area (Å²) >= 11 is 0. The lowest BCUT2D eigenvalue weighted by Crippen LogP contribution is -2.53. The number of hydrogen-bond acceptors (Lipinski definition) is 4. The quantitative estimate of drug-likeness (QED) is 0.659. The van der Waals surface area contributed by atoms with E-state index < -0.39 is 11.5 Å². The second-order valence-electron chi connectivity index (χ2n) is 7.09. The number of aliphatic carboxylic acids is 1. The molecule has 6 heteroatoms. The van der Waals surface area contributed by atoms with E-state index in [0.717, 1.165) is 23.3 Å². The van der Waals surface area contributed by atoms with Crippen LogP contribution in [0.1, 0.15) is 49.7 Å². The van der Waals surface area contributed by atoms with Gasteiger partial charge in [-0.25, -0.2) is 0 Å². The molecule has 0 saturated carbocycles. The van der Waals surface area contributed by atoms with Gasteiger partial charge in [0.25, 0.3) is 0 Å². The molecular formula is C20H29NO5. The van der Waals surface area contributed by atoms with Gasteiger partial charge in [-0.1, -0.05) is 12.1 Å². The van der Waals surface area contributed by atoms with E-state index >= 15 is 0 Å². The zero-order valence-electron chi connectivity index (χ0n) is 15.7. The summed E-state index contributed by atoms with van der Waals surface area (Å²) in [6.45, 7) is 5.57. The van der Waals surface area contributed by atoms with Crippen LogP contribution < -0.4 is 10.1 Å². The zero-order chi connectivity index (χ0) is 19.0. The van der Waals surface area contributed by atoms with Crippen LogP contribution in [-0.2, 0) is 14.3 Å². The molecule has 0 bridgehead atoms. The Morgan fingerprint density at radius 1 is 1.23 bits per heavy atom. The second kappa shape index (κ2) is 9.57. The zero-order valence-corrected chi connectivity index (χ0v) is 15.7. The molecule has 1 aliphatic heterocycles. The highest BCUT2D eigenvalue weighted by atomic mass is 16.5. The minimum Gasteiger partial charge on any atom is -0.493 e. The number of benzene rings is 1. The van der Waals surface area contributed by atoms with E-state index in [1.54, 1.807) is 0 Å². The highest BCUT2D eigenvalue weighted by Gasteiger charge is 2.36. The third-order valence-electron chi connectivity index (χ3n) is 4.74. The number of hydrogen-bond donors (Lipinski definition) is 2. The van der Waals surface area contributed by atoms with Crippen LogP contribution in [-0.4, -0.2) is 42.3 Å². The summed E-state index contributed by atoms with van der Waals surface area (Å²) in [5, 5.41) is 12.1. The second-order valence-corrected chi connectivity index (χ2v) is 7.09. The molecule has 26 heavy (non-hydrogen) atoms. The van der Waals surface area contributed by atoms with Crippen LogP contribution in [0.25, 0.3) is 0 Å². The lowest BCUT2D eigenvalue weighted by atomic mass is 9.86. The highest BCUT2D eigenvalue weighted by molar-refractivity contribution is 5.78. The Kier molecular flexibility index (Phi) is 7.45. The molecule has 144 valence electrons. The molecule has 2 rings (SSSR count). The van der Waals surface area contributed by atoms with Crippen LogP contribution in [0.5, 0.6) is 5.75 Å². The number of amides is 1. The maximum Gasteiger partial charge on any atom is 0.305 e. The first-order chi connectivity index (χ1) is 12.4. The maximum atomic E-state index is 12.2. The first-order valence-electron chi connectivity index (χ1n) is 9.21. The van der Waals surface area contributed by atoms with Gasteiger partial charge >= 0.3 is 5.97 Å². The molecular weight excluding hydrogens is 334 g/mol. The summed E-state index contributed by atoms with van der Waals surface area (Å²) in [5.41, 5.74) is 1.59. The molecule has 1 aromatic rings. The van der Waals surface area contributed by atoms with Crippen LogP contribution >= 0.6 is 0 Å². The number of nitrogens with one attached hydrogen (secondary N) is 1. The molecule has 0 aliphatic carbocycles. The number of carboxylic acids is 1. The fourth-order valence-corrected chi connectivity index (χ4v) is 3.19. The van der Waals surface area contributed by atoms with Crippen molar-refractivity contribution in [2.24, 2.45) is 0 Å². The minimum atomic E-state index is -0.894. The van der Waals surface area contributed by atoms with Crippen molar-refractivity contribution < 1.29 is 24.2 Å². The van der Waals surface area contributed by atoms with Gasteiger partial charge < -0.3 is 19.9 Å². The lowest BCUT2D eigenvalue weighted by molar-refractivity contribution is -0.140. The largest absolute Gasteiger partial charge is 0.493 e. The standard InChI is InChI=1S/C20H29NO5/c1-15-6-7-16(2)17(13-15)26-10-4-3-5-18(22)21-20(14-19(23)24)8-11-25-12-9-20/h6-7,13H,3-5,8-12,14H2,1-2H3,(H,21,22)(H,23,24). The van der Waals surface area contributed by atoms with E-state index in [0.29, 0.717) is 45.5 Å². The smallest absolute Gasteiger partial charge is 0.305 e. The number of carbonyl (C=O) groups excluding carboxylic acids is 1. The Balaban J connectivity index is 1.72. The summed E-state index contributed by atoms with van der Waals surface area (Å²) in [7, 11) is 0. The maximum absolute atomic E-state index is 12.2. The summed E-state index contributed by atoms with van der Waals surface area (Å²) in [5.74, 6) is -0.105. The van der Waals surface area contributed by atoms with Crippen LogP contribution in [0.15, 0.2) is 18.2 Å². The van der Waals surface area contributed by atoms with Gasteiger partial charge in [-0.05, 0) is 56.7 Å². The molecule has 0 spiro atoms.